The van der Waals surface area contributed by atoms with Crippen molar-refractivity contribution in [2.45, 2.75) is 38.6 Å². The third-order valence-electron chi connectivity index (χ3n) is 5.41. The number of rotatable bonds is 3. The van der Waals surface area contributed by atoms with E-state index in [0.29, 0.717) is 11.3 Å². The molecule has 27 heavy (non-hydrogen) atoms. The van der Waals surface area contributed by atoms with Crippen molar-refractivity contribution < 1.29 is 9.59 Å². The van der Waals surface area contributed by atoms with Gasteiger partial charge in [0.15, 0.2) is 0 Å². The van der Waals surface area contributed by atoms with E-state index in [1.54, 1.807) is 18.2 Å². The highest BCUT2D eigenvalue weighted by Gasteiger charge is 2.38. The molecule has 1 unspecified atom stereocenters. The highest BCUT2D eigenvalue weighted by atomic mass is 16.2. The monoisotopic (exact) mass is 360 g/mol. The molecule has 0 saturated carbocycles. The number of amides is 2. The molecule has 0 bridgehead atoms. The zero-order chi connectivity index (χ0) is 18.8. The predicted octanol–water partition coefficient (Wildman–Crippen LogP) is 4.24. The van der Waals surface area contributed by atoms with Gasteiger partial charge in [0.25, 0.3) is 11.8 Å². The van der Waals surface area contributed by atoms with Gasteiger partial charge in [-0.1, -0.05) is 43.2 Å². The minimum absolute atomic E-state index is 0.0561. The van der Waals surface area contributed by atoms with Crippen molar-refractivity contribution >= 4 is 23.2 Å². The summed E-state index contributed by atoms with van der Waals surface area (Å²) in [7, 11) is 0. The van der Waals surface area contributed by atoms with Gasteiger partial charge >= 0.3 is 0 Å². The highest BCUT2D eigenvalue weighted by molar-refractivity contribution is 6.31. The minimum atomic E-state index is -0.241. The summed E-state index contributed by atoms with van der Waals surface area (Å²) in [5.74, 6) is -0.426. The normalized spacial score (nSPS) is 20.6. The second-order valence-electron chi connectivity index (χ2n) is 7.31. The number of hydrogen-bond donors (Lipinski definition) is 0. The molecule has 1 saturated heterocycles. The first-order valence-corrected chi connectivity index (χ1v) is 9.63. The molecule has 0 aromatic heterocycles. The molecule has 4 rings (SSSR count). The van der Waals surface area contributed by atoms with E-state index in [-0.39, 0.29) is 17.9 Å². The molecular formula is C23H24N2O2. The maximum Gasteiger partial charge on any atom is 0.263 e. The van der Waals surface area contributed by atoms with Crippen LogP contribution in [0.3, 0.4) is 0 Å². The van der Waals surface area contributed by atoms with E-state index < -0.39 is 0 Å². The number of carbonyl (C=O) groups is 2. The predicted molar refractivity (Wildman–Crippen MR) is 108 cm³/mol. The average molecular weight is 360 g/mol. The lowest BCUT2D eigenvalue weighted by atomic mass is 10.00. The average Bonchev–Trinajstić information content (AvgIpc) is 2.85. The third-order valence-corrected chi connectivity index (χ3v) is 5.41. The van der Waals surface area contributed by atoms with Crippen LogP contribution in [0.2, 0.25) is 0 Å². The SMILES string of the molecule is Cc1cccc(N2CCCCCC2C2=CC(=O)N(c3ccccc3)C2=O)c1. The molecular weight excluding hydrogens is 336 g/mol. The Labute approximate surface area is 160 Å². The van der Waals surface area contributed by atoms with Crippen LogP contribution in [0, 0.1) is 6.92 Å². The molecule has 0 radical (unpaired) electrons. The Balaban J connectivity index is 1.68. The summed E-state index contributed by atoms with van der Waals surface area (Å²) >= 11 is 0. The van der Waals surface area contributed by atoms with Gasteiger partial charge in [-0.2, -0.15) is 0 Å². The standard InChI is InChI=1S/C23H24N2O2/c1-17-9-8-12-19(15-17)24-14-7-3-6-13-21(24)20-16-22(26)25(23(20)27)18-10-4-2-5-11-18/h2,4-5,8-12,15-16,21H,3,6-7,13-14H2,1H3. The lowest BCUT2D eigenvalue weighted by Crippen LogP contribution is -2.40. The van der Waals surface area contributed by atoms with Crippen molar-refractivity contribution in [3.63, 3.8) is 0 Å². The van der Waals surface area contributed by atoms with Crippen molar-refractivity contribution in [2.75, 3.05) is 16.3 Å². The smallest absolute Gasteiger partial charge is 0.263 e. The molecule has 4 heteroatoms. The Morgan fingerprint density at radius 3 is 2.44 bits per heavy atom. The molecule has 1 fully saturated rings. The second kappa shape index (κ2) is 7.39. The topological polar surface area (TPSA) is 40.6 Å². The molecule has 2 aliphatic heterocycles. The van der Waals surface area contributed by atoms with Crippen molar-refractivity contribution in [3.8, 4) is 0 Å². The molecule has 2 aliphatic rings. The maximum absolute atomic E-state index is 13.2. The number of para-hydroxylation sites is 1. The van der Waals surface area contributed by atoms with Crippen LogP contribution in [0.5, 0.6) is 0 Å². The molecule has 138 valence electrons. The molecule has 2 amide bonds. The summed E-state index contributed by atoms with van der Waals surface area (Å²) in [6.45, 7) is 2.98. The Morgan fingerprint density at radius 2 is 1.67 bits per heavy atom. The molecule has 0 aliphatic carbocycles. The zero-order valence-corrected chi connectivity index (χ0v) is 15.6. The molecule has 0 N–H and O–H groups in total. The van der Waals surface area contributed by atoms with E-state index in [1.165, 1.54) is 10.5 Å². The zero-order valence-electron chi connectivity index (χ0n) is 15.6. The Morgan fingerprint density at radius 1 is 0.889 bits per heavy atom. The number of aryl methyl sites for hydroxylation is 1. The van der Waals surface area contributed by atoms with Crippen molar-refractivity contribution in [1.82, 2.24) is 0 Å². The van der Waals surface area contributed by atoms with Gasteiger partial charge in [0.2, 0.25) is 0 Å². The minimum Gasteiger partial charge on any atom is -0.364 e. The summed E-state index contributed by atoms with van der Waals surface area (Å²) in [5, 5.41) is 0. The van der Waals surface area contributed by atoms with Crippen LogP contribution in [0.4, 0.5) is 11.4 Å². The summed E-state index contributed by atoms with van der Waals surface area (Å²) in [6, 6.07) is 17.5. The van der Waals surface area contributed by atoms with Gasteiger partial charge in [-0.15, -0.1) is 0 Å². The van der Waals surface area contributed by atoms with E-state index in [4.69, 9.17) is 0 Å². The van der Waals surface area contributed by atoms with Crippen LogP contribution in [0.1, 0.15) is 31.2 Å². The van der Waals surface area contributed by atoms with Crippen molar-refractivity contribution in [2.24, 2.45) is 0 Å². The lowest BCUT2D eigenvalue weighted by Gasteiger charge is -2.33. The largest absolute Gasteiger partial charge is 0.364 e. The number of hydrogen-bond acceptors (Lipinski definition) is 3. The van der Waals surface area contributed by atoms with Gasteiger partial charge < -0.3 is 4.90 Å². The quantitative estimate of drug-likeness (QED) is 0.769. The Bertz CT molecular complexity index is 888. The summed E-state index contributed by atoms with van der Waals surface area (Å²) in [5.41, 5.74) is 3.58. The summed E-state index contributed by atoms with van der Waals surface area (Å²) < 4.78 is 0. The van der Waals surface area contributed by atoms with Crippen LogP contribution in [0.25, 0.3) is 0 Å². The van der Waals surface area contributed by atoms with Gasteiger partial charge in [-0.05, 0) is 49.6 Å². The van der Waals surface area contributed by atoms with E-state index in [1.807, 2.05) is 18.2 Å². The molecule has 0 spiro atoms. The molecule has 2 heterocycles. The number of anilines is 2. The van der Waals surface area contributed by atoms with Gasteiger partial charge in [0.05, 0.1) is 11.7 Å². The molecule has 4 nitrogen and oxygen atoms in total. The van der Waals surface area contributed by atoms with Gasteiger partial charge in [0.1, 0.15) is 0 Å². The highest BCUT2D eigenvalue weighted by Crippen LogP contribution is 2.33. The maximum atomic E-state index is 13.2. The summed E-state index contributed by atoms with van der Waals surface area (Å²) in [4.78, 5) is 29.4. The van der Waals surface area contributed by atoms with E-state index in [2.05, 4.69) is 36.1 Å². The molecule has 2 aromatic rings. The van der Waals surface area contributed by atoms with Crippen LogP contribution in [-0.4, -0.2) is 24.4 Å². The van der Waals surface area contributed by atoms with Crippen molar-refractivity contribution in [1.29, 1.82) is 0 Å². The van der Waals surface area contributed by atoms with E-state index in [9.17, 15) is 9.59 Å². The Kier molecular flexibility index (Phi) is 4.80. The van der Waals surface area contributed by atoms with Crippen LogP contribution < -0.4 is 9.80 Å². The fourth-order valence-corrected chi connectivity index (χ4v) is 4.10. The van der Waals surface area contributed by atoms with E-state index >= 15 is 0 Å². The fourth-order valence-electron chi connectivity index (χ4n) is 4.10. The fraction of sp³-hybridized carbons (Fsp3) is 0.304. The van der Waals surface area contributed by atoms with Gasteiger partial charge in [0, 0.05) is 23.9 Å². The third kappa shape index (κ3) is 3.39. The first-order valence-electron chi connectivity index (χ1n) is 9.63. The number of benzene rings is 2. The van der Waals surface area contributed by atoms with Gasteiger partial charge in [-0.25, -0.2) is 4.90 Å². The van der Waals surface area contributed by atoms with Crippen molar-refractivity contribution in [3.05, 3.63) is 71.8 Å². The molecule has 1 atom stereocenters. The molecule has 2 aromatic carbocycles. The van der Waals surface area contributed by atoms with Crippen LogP contribution in [0.15, 0.2) is 66.2 Å². The van der Waals surface area contributed by atoms with Gasteiger partial charge in [-0.3, -0.25) is 9.59 Å². The van der Waals surface area contributed by atoms with Crippen LogP contribution >= 0.6 is 0 Å². The number of nitrogens with zero attached hydrogens (tertiary/aromatic N) is 2. The lowest BCUT2D eigenvalue weighted by molar-refractivity contribution is -0.120. The first-order chi connectivity index (χ1) is 13.1. The first kappa shape index (κ1) is 17.5. The van der Waals surface area contributed by atoms with Crippen LogP contribution in [-0.2, 0) is 9.59 Å². The number of imide groups is 1. The Hall–Kier alpha value is -2.88. The number of carbonyl (C=O) groups excluding carboxylic acids is 2. The summed E-state index contributed by atoms with van der Waals surface area (Å²) in [6.07, 6.45) is 5.76. The van der Waals surface area contributed by atoms with E-state index in [0.717, 1.165) is 37.9 Å². The second-order valence-corrected chi connectivity index (χ2v) is 7.31.